The number of terminal acetylenes is 1. The Morgan fingerprint density at radius 3 is 2.50 bits per heavy atom. The number of fused-ring (bicyclic) bond motifs is 1. The van der Waals surface area contributed by atoms with Crippen molar-refractivity contribution in [1.29, 1.82) is 0 Å². The first-order valence-electron chi connectivity index (χ1n) is 15.6. The van der Waals surface area contributed by atoms with Gasteiger partial charge in [-0.15, -0.1) is 6.42 Å². The molecule has 2 amide bonds. The van der Waals surface area contributed by atoms with Crippen LogP contribution in [0.5, 0.6) is 0 Å². The van der Waals surface area contributed by atoms with E-state index in [0.29, 0.717) is 55.4 Å². The van der Waals surface area contributed by atoms with Crippen LogP contribution >= 0.6 is 0 Å². The number of hydrogen-bond acceptors (Lipinski definition) is 5. The van der Waals surface area contributed by atoms with E-state index in [9.17, 15) is 22.8 Å². The van der Waals surface area contributed by atoms with Crippen LogP contribution in [0.3, 0.4) is 0 Å². The number of hydrogen-bond donors (Lipinski definition) is 0. The van der Waals surface area contributed by atoms with Gasteiger partial charge < -0.3 is 9.80 Å². The molecule has 1 saturated carbocycles. The normalized spacial score (nSPS) is 19.0. The Hall–Kier alpha value is -4.66. The Labute approximate surface area is 265 Å². The summed E-state index contributed by atoms with van der Waals surface area (Å²) in [6, 6.07) is 5.60. The predicted molar refractivity (Wildman–Crippen MR) is 166 cm³/mol. The molecule has 0 radical (unpaired) electrons. The van der Waals surface area contributed by atoms with Gasteiger partial charge in [-0.05, 0) is 42.9 Å². The third-order valence-corrected chi connectivity index (χ3v) is 9.26. The Kier molecular flexibility index (Phi) is 8.59. The van der Waals surface area contributed by atoms with Crippen LogP contribution in [0.1, 0.15) is 65.5 Å². The van der Waals surface area contributed by atoms with Gasteiger partial charge in [0.05, 0.1) is 23.1 Å². The zero-order chi connectivity index (χ0) is 32.6. The van der Waals surface area contributed by atoms with Crippen molar-refractivity contribution in [2.75, 3.05) is 26.2 Å². The molecule has 0 N–H and O–H groups in total. The van der Waals surface area contributed by atoms with Gasteiger partial charge in [-0.1, -0.05) is 37.8 Å². The molecule has 4 aromatic rings. The van der Waals surface area contributed by atoms with Gasteiger partial charge in [0.1, 0.15) is 6.54 Å². The Balaban J connectivity index is 1.16. The van der Waals surface area contributed by atoms with E-state index in [-0.39, 0.29) is 35.5 Å². The van der Waals surface area contributed by atoms with Crippen molar-refractivity contribution in [2.45, 2.75) is 58.7 Å². The average Bonchev–Trinajstić information content (AvgIpc) is 3.66. The van der Waals surface area contributed by atoms with E-state index in [4.69, 9.17) is 6.42 Å². The van der Waals surface area contributed by atoms with E-state index >= 15 is 0 Å². The Morgan fingerprint density at radius 1 is 1.07 bits per heavy atom. The second kappa shape index (κ2) is 12.6. The summed E-state index contributed by atoms with van der Waals surface area (Å²) < 4.78 is 44.1. The predicted octanol–water partition coefficient (Wildman–Crippen LogP) is 5.25. The summed E-state index contributed by atoms with van der Waals surface area (Å²) in [6.45, 7) is 6.04. The summed E-state index contributed by atoms with van der Waals surface area (Å²) in [7, 11) is 0. The largest absolute Gasteiger partial charge is 0.435 e. The van der Waals surface area contributed by atoms with Crippen LogP contribution in [-0.4, -0.2) is 71.9 Å². The molecule has 6 rings (SSSR count). The Bertz CT molecular complexity index is 1810. The van der Waals surface area contributed by atoms with Gasteiger partial charge in [0.15, 0.2) is 11.3 Å². The summed E-state index contributed by atoms with van der Waals surface area (Å²) >= 11 is 0. The Morgan fingerprint density at radius 2 is 1.80 bits per heavy atom. The van der Waals surface area contributed by atoms with Crippen molar-refractivity contribution < 1.29 is 22.8 Å². The van der Waals surface area contributed by atoms with Crippen LogP contribution < -0.4 is 0 Å². The summed E-state index contributed by atoms with van der Waals surface area (Å²) in [5.41, 5.74) is 2.35. The zero-order valence-electron chi connectivity index (χ0n) is 25.9. The number of piperazine rings is 1. The topological polar surface area (TPSA) is 88.6 Å². The lowest BCUT2D eigenvalue weighted by Crippen LogP contribution is -2.52. The second-order valence-electron chi connectivity index (χ2n) is 12.3. The van der Waals surface area contributed by atoms with E-state index in [1.54, 1.807) is 16.7 Å². The minimum Gasteiger partial charge on any atom is -0.339 e. The van der Waals surface area contributed by atoms with Crippen LogP contribution in [0.25, 0.3) is 16.9 Å². The highest BCUT2D eigenvalue weighted by Crippen LogP contribution is 2.37. The van der Waals surface area contributed by atoms with Crippen LogP contribution in [0.2, 0.25) is 0 Å². The fourth-order valence-electron chi connectivity index (χ4n) is 6.78. The smallest absolute Gasteiger partial charge is 0.339 e. The maximum Gasteiger partial charge on any atom is 0.435 e. The SMILES string of the molecule is C#CCn1cc(-c2cnc3c(Cc4ccc(C(=O)N5CCN(C(=O)C6CCCC[C@@H]6C)CC5)c(C)c4)nccn23)c(C(F)(F)F)n1. The number of nitrogens with zero attached hydrogens (tertiary/aromatic N) is 7. The fraction of sp³-hybridized carbons (Fsp3) is 0.441. The highest BCUT2D eigenvalue weighted by molar-refractivity contribution is 5.96. The number of imidazole rings is 1. The summed E-state index contributed by atoms with van der Waals surface area (Å²) in [4.78, 5) is 39.2. The van der Waals surface area contributed by atoms with Crippen molar-refractivity contribution in [1.82, 2.24) is 33.9 Å². The molecule has 2 aliphatic rings. The number of aromatic nitrogens is 5. The number of benzene rings is 1. The molecule has 1 aliphatic heterocycles. The molecule has 2 fully saturated rings. The van der Waals surface area contributed by atoms with E-state index in [2.05, 4.69) is 27.9 Å². The average molecular weight is 632 g/mol. The quantitative estimate of drug-likeness (QED) is 0.271. The fourth-order valence-corrected chi connectivity index (χ4v) is 6.78. The molecular weight excluding hydrogens is 595 g/mol. The summed E-state index contributed by atoms with van der Waals surface area (Å²) in [5.74, 6) is 2.98. The maximum absolute atomic E-state index is 13.8. The van der Waals surface area contributed by atoms with Crippen molar-refractivity contribution in [3.63, 3.8) is 0 Å². The van der Waals surface area contributed by atoms with Crippen LogP contribution in [0.15, 0.2) is 43.0 Å². The lowest BCUT2D eigenvalue weighted by Gasteiger charge is -2.38. The minimum absolute atomic E-state index is 0.0637. The van der Waals surface area contributed by atoms with Gasteiger partial charge in [-0.3, -0.25) is 23.7 Å². The minimum atomic E-state index is -4.68. The van der Waals surface area contributed by atoms with Gasteiger partial charge in [0.2, 0.25) is 5.91 Å². The molecule has 1 aromatic carbocycles. The number of halogens is 3. The van der Waals surface area contributed by atoms with Crippen LogP contribution in [0, 0.1) is 31.1 Å². The lowest BCUT2D eigenvalue weighted by molar-refractivity contribution is -0.141. The van der Waals surface area contributed by atoms with Crippen molar-refractivity contribution in [2.24, 2.45) is 11.8 Å². The molecular formula is C34H36F3N7O2. The zero-order valence-corrected chi connectivity index (χ0v) is 25.9. The second-order valence-corrected chi connectivity index (χ2v) is 12.3. The van der Waals surface area contributed by atoms with Crippen molar-refractivity contribution >= 4 is 17.5 Å². The monoisotopic (exact) mass is 631 g/mol. The molecule has 1 saturated heterocycles. The first kappa shape index (κ1) is 31.3. The number of amides is 2. The molecule has 9 nitrogen and oxygen atoms in total. The highest BCUT2D eigenvalue weighted by Gasteiger charge is 2.38. The van der Waals surface area contributed by atoms with Crippen LogP contribution in [-0.2, 0) is 23.9 Å². The molecule has 0 bridgehead atoms. The molecule has 12 heteroatoms. The third kappa shape index (κ3) is 6.10. The third-order valence-electron chi connectivity index (χ3n) is 9.26. The number of alkyl halides is 3. The van der Waals surface area contributed by atoms with Gasteiger partial charge in [0, 0.05) is 62.7 Å². The molecule has 0 spiro atoms. The van der Waals surface area contributed by atoms with Gasteiger partial charge in [-0.2, -0.15) is 18.3 Å². The molecule has 4 heterocycles. The molecule has 46 heavy (non-hydrogen) atoms. The number of carbonyl (C=O) groups is 2. The van der Waals surface area contributed by atoms with Crippen molar-refractivity contribution in [3.05, 3.63) is 71.1 Å². The number of aryl methyl sites for hydroxylation is 1. The molecule has 2 atom stereocenters. The van der Waals surface area contributed by atoms with Crippen molar-refractivity contribution in [3.8, 4) is 23.6 Å². The lowest BCUT2D eigenvalue weighted by atomic mass is 9.79. The number of carbonyl (C=O) groups excluding carboxylic acids is 2. The first-order chi connectivity index (χ1) is 22.0. The standard InChI is InChI=1S/C34H36F3N7O2/c1-4-12-43-21-27(30(40-43)34(35,36)37)29-20-39-31-28(38-11-13-44(29)31)19-24-9-10-26(23(3)18-24)33(46)42-16-14-41(15-17-42)32(45)25-8-6-5-7-22(25)2/h1,9-11,13,18,20-22,25H,5-8,12,14-17,19H2,2-3H3/t22-,25?/m0/s1. The molecule has 3 aromatic heterocycles. The highest BCUT2D eigenvalue weighted by atomic mass is 19.4. The molecule has 1 unspecified atom stereocenters. The molecule has 1 aliphatic carbocycles. The van der Waals surface area contributed by atoms with Gasteiger partial charge >= 0.3 is 6.18 Å². The number of rotatable bonds is 6. The van der Waals surface area contributed by atoms with E-state index in [0.717, 1.165) is 35.1 Å². The first-order valence-corrected chi connectivity index (χ1v) is 15.6. The van der Waals surface area contributed by atoms with E-state index in [1.165, 1.54) is 25.0 Å². The van der Waals surface area contributed by atoms with Gasteiger partial charge in [0.25, 0.3) is 5.91 Å². The van der Waals surface area contributed by atoms with E-state index < -0.39 is 11.9 Å². The maximum atomic E-state index is 13.8. The summed E-state index contributed by atoms with van der Waals surface area (Å²) in [5, 5.41) is 3.67. The summed E-state index contributed by atoms with van der Waals surface area (Å²) in [6.07, 6.45) is 11.1. The van der Waals surface area contributed by atoms with E-state index in [1.807, 2.05) is 28.9 Å². The van der Waals surface area contributed by atoms with Gasteiger partial charge in [-0.25, -0.2) is 4.98 Å². The van der Waals surface area contributed by atoms with Crippen LogP contribution in [0.4, 0.5) is 13.2 Å². The molecule has 240 valence electrons.